The van der Waals surface area contributed by atoms with Crippen molar-refractivity contribution in [3.8, 4) is 5.75 Å². The summed E-state index contributed by atoms with van der Waals surface area (Å²) in [6.45, 7) is 4.98. The lowest BCUT2D eigenvalue weighted by molar-refractivity contribution is -0.125. The summed E-state index contributed by atoms with van der Waals surface area (Å²) >= 11 is 0. The van der Waals surface area contributed by atoms with E-state index in [-0.39, 0.29) is 5.57 Å². The fourth-order valence-corrected chi connectivity index (χ4v) is 1.23. The van der Waals surface area contributed by atoms with Crippen LogP contribution in [0.15, 0.2) is 42.5 Å². The molecule has 4 heteroatoms. The van der Waals surface area contributed by atoms with Gasteiger partial charge in [-0.1, -0.05) is 24.8 Å². The number of hydrogen-bond acceptors (Lipinski definition) is 3. The maximum atomic E-state index is 11.4. The maximum absolute atomic E-state index is 11.4. The Morgan fingerprint density at radius 2 is 2.00 bits per heavy atom. The second-order valence-corrected chi connectivity index (χ2v) is 3.67. The largest absolute Gasteiger partial charge is 0.496 e. The van der Waals surface area contributed by atoms with Gasteiger partial charge in [0.25, 0.3) is 11.8 Å². The molecule has 18 heavy (non-hydrogen) atoms. The van der Waals surface area contributed by atoms with Gasteiger partial charge in [0.05, 0.1) is 7.11 Å². The molecule has 0 saturated heterocycles. The molecule has 0 fully saturated rings. The van der Waals surface area contributed by atoms with Gasteiger partial charge in [-0.15, -0.1) is 0 Å². The van der Waals surface area contributed by atoms with Crippen molar-refractivity contribution in [1.82, 2.24) is 5.32 Å². The van der Waals surface area contributed by atoms with E-state index in [9.17, 15) is 9.59 Å². The van der Waals surface area contributed by atoms with Crippen molar-refractivity contribution in [2.24, 2.45) is 0 Å². The van der Waals surface area contributed by atoms with Crippen LogP contribution in [0.4, 0.5) is 0 Å². The smallest absolute Gasteiger partial charge is 0.253 e. The van der Waals surface area contributed by atoms with Gasteiger partial charge in [-0.25, -0.2) is 0 Å². The molecule has 1 rings (SSSR count). The number of imide groups is 1. The van der Waals surface area contributed by atoms with Crippen LogP contribution in [0.2, 0.25) is 0 Å². The third kappa shape index (κ3) is 3.90. The first-order valence-corrected chi connectivity index (χ1v) is 5.36. The highest BCUT2D eigenvalue weighted by Crippen LogP contribution is 2.18. The molecule has 0 bridgehead atoms. The van der Waals surface area contributed by atoms with Crippen LogP contribution in [0.1, 0.15) is 12.5 Å². The van der Waals surface area contributed by atoms with E-state index < -0.39 is 11.8 Å². The first-order chi connectivity index (χ1) is 8.54. The van der Waals surface area contributed by atoms with Gasteiger partial charge in [-0.3, -0.25) is 14.9 Å². The fourth-order valence-electron chi connectivity index (χ4n) is 1.23. The van der Waals surface area contributed by atoms with Crippen molar-refractivity contribution < 1.29 is 14.3 Å². The van der Waals surface area contributed by atoms with Gasteiger partial charge in [0.2, 0.25) is 0 Å². The van der Waals surface area contributed by atoms with Gasteiger partial charge in [0.1, 0.15) is 5.75 Å². The molecule has 0 aliphatic carbocycles. The predicted molar refractivity (Wildman–Crippen MR) is 70.0 cm³/mol. The standard InChI is InChI=1S/C14H15NO3/c1-10(2)14(17)15-13(16)9-8-11-6-4-5-7-12(11)18-3/h4-9H,1H2,2-3H3,(H,15,16,17)/b9-8+. The topological polar surface area (TPSA) is 55.4 Å². The number of rotatable bonds is 4. The number of benzene rings is 1. The number of ether oxygens (including phenoxy) is 1. The molecule has 0 radical (unpaired) electrons. The molecule has 0 unspecified atom stereocenters. The zero-order chi connectivity index (χ0) is 13.5. The van der Waals surface area contributed by atoms with E-state index in [1.807, 2.05) is 18.2 Å². The van der Waals surface area contributed by atoms with Crippen LogP contribution in [0, 0.1) is 0 Å². The molecule has 0 heterocycles. The summed E-state index contributed by atoms with van der Waals surface area (Å²) in [5, 5.41) is 2.18. The fraction of sp³-hybridized carbons (Fsp3) is 0.143. The molecule has 4 nitrogen and oxygen atoms in total. The molecule has 0 aliphatic heterocycles. The summed E-state index contributed by atoms with van der Waals surface area (Å²) in [5.74, 6) is -0.314. The van der Waals surface area contributed by atoms with Crippen LogP contribution >= 0.6 is 0 Å². The van der Waals surface area contributed by atoms with E-state index in [4.69, 9.17) is 4.74 Å². The average Bonchev–Trinajstić information content (AvgIpc) is 2.36. The Hall–Kier alpha value is -2.36. The highest BCUT2D eigenvalue weighted by molar-refractivity contribution is 6.08. The lowest BCUT2D eigenvalue weighted by Crippen LogP contribution is -2.28. The lowest BCUT2D eigenvalue weighted by Gasteiger charge is -2.03. The molecule has 0 spiro atoms. The Morgan fingerprint density at radius 3 is 2.61 bits per heavy atom. The van der Waals surface area contributed by atoms with Crippen LogP contribution < -0.4 is 10.1 Å². The number of hydrogen-bond donors (Lipinski definition) is 1. The molecule has 94 valence electrons. The molecule has 0 atom stereocenters. The van der Waals surface area contributed by atoms with Crippen molar-refractivity contribution in [3.05, 3.63) is 48.1 Å². The van der Waals surface area contributed by atoms with Crippen molar-refractivity contribution in [2.45, 2.75) is 6.92 Å². The summed E-state index contributed by atoms with van der Waals surface area (Å²) in [6.07, 6.45) is 2.86. The van der Waals surface area contributed by atoms with E-state index in [0.717, 1.165) is 5.56 Å². The van der Waals surface area contributed by atoms with E-state index in [2.05, 4.69) is 11.9 Å². The minimum Gasteiger partial charge on any atom is -0.496 e. The molecule has 0 aromatic heterocycles. The van der Waals surface area contributed by atoms with E-state index in [1.54, 1.807) is 19.3 Å². The first kappa shape index (κ1) is 13.7. The number of carbonyl (C=O) groups is 2. The predicted octanol–water partition coefficient (Wildman–Crippen LogP) is 1.93. The second kappa shape index (κ2) is 6.39. The molecule has 1 aromatic carbocycles. The Kier molecular flexibility index (Phi) is 4.87. The zero-order valence-electron chi connectivity index (χ0n) is 10.4. The maximum Gasteiger partial charge on any atom is 0.253 e. The van der Waals surface area contributed by atoms with Gasteiger partial charge in [0, 0.05) is 17.2 Å². The third-order valence-corrected chi connectivity index (χ3v) is 2.18. The van der Waals surface area contributed by atoms with Crippen LogP contribution in [0.3, 0.4) is 0 Å². The number of amides is 2. The average molecular weight is 245 g/mol. The molecular weight excluding hydrogens is 230 g/mol. The summed E-state index contributed by atoms with van der Waals surface area (Å²) in [6, 6.07) is 7.26. The van der Waals surface area contributed by atoms with Crippen molar-refractivity contribution in [1.29, 1.82) is 0 Å². The number of nitrogens with one attached hydrogen (secondary N) is 1. The SMILES string of the molecule is C=C(C)C(=O)NC(=O)/C=C/c1ccccc1OC. The molecule has 1 aromatic rings. The lowest BCUT2D eigenvalue weighted by atomic mass is 10.2. The Morgan fingerprint density at radius 1 is 1.33 bits per heavy atom. The Balaban J connectivity index is 2.72. The van der Waals surface area contributed by atoms with Gasteiger partial charge < -0.3 is 4.74 Å². The third-order valence-electron chi connectivity index (χ3n) is 2.18. The van der Waals surface area contributed by atoms with Crippen LogP contribution in [-0.4, -0.2) is 18.9 Å². The van der Waals surface area contributed by atoms with Gasteiger partial charge >= 0.3 is 0 Å². The van der Waals surface area contributed by atoms with Crippen molar-refractivity contribution in [2.75, 3.05) is 7.11 Å². The van der Waals surface area contributed by atoms with E-state index in [0.29, 0.717) is 5.75 Å². The molecule has 0 saturated carbocycles. The highest BCUT2D eigenvalue weighted by Gasteiger charge is 2.05. The molecular formula is C14H15NO3. The highest BCUT2D eigenvalue weighted by atomic mass is 16.5. The summed E-state index contributed by atoms with van der Waals surface area (Å²) in [7, 11) is 1.55. The molecule has 1 N–H and O–H groups in total. The van der Waals surface area contributed by atoms with Crippen LogP contribution in [0.5, 0.6) is 5.75 Å². The van der Waals surface area contributed by atoms with E-state index in [1.165, 1.54) is 13.0 Å². The summed E-state index contributed by atoms with van der Waals surface area (Å²) in [5.41, 5.74) is 1.05. The normalized spacial score (nSPS) is 10.1. The minimum atomic E-state index is -0.492. The Bertz CT molecular complexity index is 504. The van der Waals surface area contributed by atoms with E-state index >= 15 is 0 Å². The van der Waals surface area contributed by atoms with Crippen LogP contribution in [-0.2, 0) is 9.59 Å². The van der Waals surface area contributed by atoms with Gasteiger partial charge in [-0.2, -0.15) is 0 Å². The van der Waals surface area contributed by atoms with Crippen molar-refractivity contribution in [3.63, 3.8) is 0 Å². The number of para-hydroxylation sites is 1. The second-order valence-electron chi connectivity index (χ2n) is 3.67. The zero-order valence-corrected chi connectivity index (χ0v) is 10.4. The quantitative estimate of drug-likeness (QED) is 0.825. The van der Waals surface area contributed by atoms with Gasteiger partial charge in [0.15, 0.2) is 0 Å². The minimum absolute atomic E-state index is 0.286. The Labute approximate surface area is 106 Å². The monoisotopic (exact) mass is 245 g/mol. The first-order valence-electron chi connectivity index (χ1n) is 5.36. The molecule has 2 amide bonds. The van der Waals surface area contributed by atoms with Crippen molar-refractivity contribution >= 4 is 17.9 Å². The number of carbonyl (C=O) groups excluding carboxylic acids is 2. The van der Waals surface area contributed by atoms with Crippen LogP contribution in [0.25, 0.3) is 6.08 Å². The van der Waals surface area contributed by atoms with Gasteiger partial charge in [-0.05, 0) is 19.1 Å². The molecule has 0 aliphatic rings. The summed E-state index contributed by atoms with van der Waals surface area (Å²) in [4.78, 5) is 22.6. The number of methoxy groups -OCH3 is 1. The summed E-state index contributed by atoms with van der Waals surface area (Å²) < 4.78 is 5.13.